The predicted molar refractivity (Wildman–Crippen MR) is 101 cm³/mol. The van der Waals surface area contributed by atoms with Crippen LogP contribution in [0, 0.1) is 13.8 Å². The molecule has 1 aromatic carbocycles. The van der Waals surface area contributed by atoms with E-state index in [9.17, 15) is 4.79 Å². The highest BCUT2D eigenvalue weighted by molar-refractivity contribution is 7.99. The molecule has 6 nitrogen and oxygen atoms in total. The Hall–Kier alpha value is -2.12. The second-order valence-electron chi connectivity index (χ2n) is 5.70. The molecule has 134 valence electrons. The van der Waals surface area contributed by atoms with E-state index in [-0.39, 0.29) is 5.91 Å². The van der Waals surface area contributed by atoms with E-state index < -0.39 is 0 Å². The lowest BCUT2D eigenvalue weighted by atomic mass is 10.1. The van der Waals surface area contributed by atoms with E-state index >= 15 is 0 Å². The Morgan fingerprint density at radius 1 is 1.40 bits per heavy atom. The number of hydrogen-bond acceptors (Lipinski definition) is 5. The molecule has 0 spiro atoms. The number of rotatable bonds is 9. The van der Waals surface area contributed by atoms with Gasteiger partial charge in [0.1, 0.15) is 6.61 Å². The van der Waals surface area contributed by atoms with Crippen LogP contribution in [0.4, 0.5) is 5.69 Å². The number of anilines is 1. The van der Waals surface area contributed by atoms with Crippen molar-refractivity contribution in [2.75, 3.05) is 18.2 Å². The zero-order chi connectivity index (χ0) is 18.2. The Morgan fingerprint density at radius 3 is 2.88 bits per heavy atom. The maximum atomic E-state index is 12.2. The number of allylic oxidation sites excluding steroid dienone is 1. The van der Waals surface area contributed by atoms with Crippen LogP contribution in [0.25, 0.3) is 0 Å². The molecule has 0 unspecified atom stereocenters. The summed E-state index contributed by atoms with van der Waals surface area (Å²) in [5.74, 6) is 1.37. The number of carbonyl (C=O) groups is 1. The summed E-state index contributed by atoms with van der Waals surface area (Å²) >= 11 is 1.50. The minimum Gasteiger partial charge on any atom is -0.377 e. The van der Waals surface area contributed by atoms with Gasteiger partial charge in [-0.15, -0.1) is 16.8 Å². The second kappa shape index (κ2) is 9.39. The fourth-order valence-corrected chi connectivity index (χ4v) is 3.28. The largest absolute Gasteiger partial charge is 0.377 e. The maximum Gasteiger partial charge on any atom is 0.225 e. The van der Waals surface area contributed by atoms with Crippen molar-refractivity contribution in [3.05, 3.63) is 47.8 Å². The van der Waals surface area contributed by atoms with Gasteiger partial charge in [-0.25, -0.2) is 0 Å². The van der Waals surface area contributed by atoms with Crippen LogP contribution in [0.15, 0.2) is 36.0 Å². The monoisotopic (exact) mass is 360 g/mol. The van der Waals surface area contributed by atoms with E-state index in [1.54, 1.807) is 13.2 Å². The lowest BCUT2D eigenvalue weighted by Crippen LogP contribution is -2.13. The number of ether oxygens (including phenoxy) is 1. The lowest BCUT2D eigenvalue weighted by Gasteiger charge is -2.09. The van der Waals surface area contributed by atoms with Crippen LogP contribution in [0.1, 0.15) is 23.4 Å². The molecule has 1 N–H and O–H groups in total. The molecule has 1 heterocycles. The smallest absolute Gasteiger partial charge is 0.225 e. The minimum atomic E-state index is -0.00801. The number of hydrogen-bond donors (Lipinski definition) is 1. The van der Waals surface area contributed by atoms with Gasteiger partial charge in [0, 0.05) is 31.5 Å². The van der Waals surface area contributed by atoms with Crippen LogP contribution >= 0.6 is 11.8 Å². The van der Waals surface area contributed by atoms with E-state index in [0.717, 1.165) is 22.2 Å². The number of aryl methyl sites for hydroxylation is 2. The summed E-state index contributed by atoms with van der Waals surface area (Å²) in [4.78, 5) is 12.2. The van der Waals surface area contributed by atoms with Crippen molar-refractivity contribution in [1.82, 2.24) is 14.8 Å². The van der Waals surface area contributed by atoms with Crippen LogP contribution in [-0.4, -0.2) is 33.5 Å². The molecule has 0 bridgehead atoms. The summed E-state index contributed by atoms with van der Waals surface area (Å²) < 4.78 is 7.07. The van der Waals surface area contributed by atoms with Crippen molar-refractivity contribution in [1.29, 1.82) is 0 Å². The first kappa shape index (κ1) is 19.2. The number of carbonyl (C=O) groups excluding carboxylic acids is 1. The molecule has 0 radical (unpaired) electrons. The number of nitrogens with zero attached hydrogens (tertiary/aromatic N) is 3. The van der Waals surface area contributed by atoms with Gasteiger partial charge in [0.2, 0.25) is 5.91 Å². The van der Waals surface area contributed by atoms with Gasteiger partial charge in [-0.3, -0.25) is 4.79 Å². The highest BCUT2D eigenvalue weighted by atomic mass is 32.2. The van der Waals surface area contributed by atoms with Crippen LogP contribution < -0.4 is 5.32 Å². The van der Waals surface area contributed by atoms with E-state index in [1.165, 1.54) is 17.3 Å². The standard InChI is InChI=1S/C18H24N4O2S/c1-5-9-22-16(12-24-4)20-21-18(22)25-10-8-17(23)19-15-7-6-13(2)11-14(15)3/h5-7,11H,1,8-10,12H2,2-4H3,(H,19,23). The van der Waals surface area contributed by atoms with E-state index in [1.807, 2.05) is 30.5 Å². The zero-order valence-corrected chi connectivity index (χ0v) is 15.7. The number of thioether (sulfide) groups is 1. The van der Waals surface area contributed by atoms with Gasteiger partial charge >= 0.3 is 0 Å². The molecule has 0 saturated heterocycles. The summed E-state index contributed by atoms with van der Waals surface area (Å²) in [6.07, 6.45) is 2.19. The predicted octanol–water partition coefficient (Wildman–Crippen LogP) is 3.35. The molecule has 1 amide bonds. The minimum absolute atomic E-state index is 0.00801. The third-order valence-corrected chi connectivity index (χ3v) is 4.56. The number of methoxy groups -OCH3 is 1. The maximum absolute atomic E-state index is 12.2. The average molecular weight is 360 g/mol. The molecular weight excluding hydrogens is 336 g/mol. The third-order valence-electron chi connectivity index (χ3n) is 3.59. The van der Waals surface area contributed by atoms with E-state index in [2.05, 4.69) is 28.2 Å². The molecule has 2 rings (SSSR count). The number of amides is 1. The summed E-state index contributed by atoms with van der Waals surface area (Å²) in [5, 5.41) is 12.0. The van der Waals surface area contributed by atoms with Crippen molar-refractivity contribution in [3.8, 4) is 0 Å². The van der Waals surface area contributed by atoms with Gasteiger partial charge in [-0.2, -0.15) is 0 Å². The van der Waals surface area contributed by atoms with Gasteiger partial charge < -0.3 is 14.6 Å². The Kier molecular flexibility index (Phi) is 7.21. The summed E-state index contributed by atoms with van der Waals surface area (Å²) in [6, 6.07) is 5.99. The Labute approximate surface area is 152 Å². The normalized spacial score (nSPS) is 10.7. The first-order valence-electron chi connectivity index (χ1n) is 8.07. The van der Waals surface area contributed by atoms with Crippen molar-refractivity contribution >= 4 is 23.4 Å². The molecule has 25 heavy (non-hydrogen) atoms. The third kappa shape index (κ3) is 5.44. The van der Waals surface area contributed by atoms with E-state index in [4.69, 9.17) is 4.74 Å². The van der Waals surface area contributed by atoms with Gasteiger partial charge in [0.15, 0.2) is 11.0 Å². The van der Waals surface area contributed by atoms with Crippen molar-refractivity contribution < 1.29 is 9.53 Å². The summed E-state index contributed by atoms with van der Waals surface area (Å²) in [6.45, 7) is 8.80. The number of benzene rings is 1. The molecule has 0 saturated carbocycles. The topological polar surface area (TPSA) is 69.0 Å². The van der Waals surface area contributed by atoms with E-state index in [0.29, 0.717) is 25.3 Å². The first-order valence-corrected chi connectivity index (χ1v) is 9.05. The van der Waals surface area contributed by atoms with Crippen LogP contribution in [-0.2, 0) is 22.7 Å². The zero-order valence-electron chi connectivity index (χ0n) is 14.9. The molecular formula is C18H24N4O2S. The van der Waals surface area contributed by atoms with Gasteiger partial charge in [-0.1, -0.05) is 35.5 Å². The van der Waals surface area contributed by atoms with Gasteiger partial charge in [0.05, 0.1) is 0 Å². The summed E-state index contributed by atoms with van der Waals surface area (Å²) in [7, 11) is 1.62. The fraction of sp³-hybridized carbons (Fsp3) is 0.389. The van der Waals surface area contributed by atoms with Gasteiger partial charge in [-0.05, 0) is 25.5 Å². The molecule has 0 fully saturated rings. The fourth-order valence-electron chi connectivity index (χ4n) is 2.38. The SMILES string of the molecule is C=CCn1c(COC)nnc1SCCC(=O)Nc1ccc(C)cc1C. The van der Waals surface area contributed by atoms with Crippen LogP contribution in [0.2, 0.25) is 0 Å². The first-order chi connectivity index (χ1) is 12.0. The van der Waals surface area contributed by atoms with Crippen molar-refractivity contribution in [2.45, 2.75) is 38.6 Å². The highest BCUT2D eigenvalue weighted by Crippen LogP contribution is 2.20. The Morgan fingerprint density at radius 2 is 2.20 bits per heavy atom. The van der Waals surface area contributed by atoms with Crippen LogP contribution in [0.3, 0.4) is 0 Å². The number of nitrogens with one attached hydrogen (secondary N) is 1. The lowest BCUT2D eigenvalue weighted by molar-refractivity contribution is -0.115. The molecule has 1 aromatic heterocycles. The quantitative estimate of drug-likeness (QED) is 0.549. The molecule has 7 heteroatoms. The Bertz CT molecular complexity index is 743. The second-order valence-corrected chi connectivity index (χ2v) is 6.76. The highest BCUT2D eigenvalue weighted by Gasteiger charge is 2.12. The number of aromatic nitrogens is 3. The van der Waals surface area contributed by atoms with Crippen LogP contribution in [0.5, 0.6) is 0 Å². The Balaban J connectivity index is 1.89. The molecule has 0 atom stereocenters. The van der Waals surface area contributed by atoms with Crippen molar-refractivity contribution in [2.24, 2.45) is 0 Å². The molecule has 0 aliphatic heterocycles. The summed E-state index contributed by atoms with van der Waals surface area (Å²) in [5.41, 5.74) is 3.10. The molecule has 0 aliphatic rings. The van der Waals surface area contributed by atoms with Crippen molar-refractivity contribution in [3.63, 3.8) is 0 Å². The van der Waals surface area contributed by atoms with Gasteiger partial charge in [0.25, 0.3) is 0 Å². The molecule has 0 aliphatic carbocycles. The molecule has 2 aromatic rings. The average Bonchev–Trinajstić information content (AvgIpc) is 2.93.